The van der Waals surface area contributed by atoms with Crippen LogP contribution in [-0.2, 0) is 19.0 Å². The molecule has 0 radical (unpaired) electrons. The summed E-state index contributed by atoms with van der Waals surface area (Å²) in [6.45, 7) is 12.8. The summed E-state index contributed by atoms with van der Waals surface area (Å²) in [5, 5.41) is 0. The third-order valence-electron chi connectivity index (χ3n) is 2.92. The fraction of sp³-hybridized carbons (Fsp3) is 0.786. The number of methoxy groups -OCH3 is 1. The van der Waals surface area contributed by atoms with Gasteiger partial charge in [-0.3, -0.25) is 4.90 Å². The Kier molecular flexibility index (Phi) is 5.97. The first-order chi connectivity index (χ1) is 9.78. The van der Waals surface area contributed by atoms with Gasteiger partial charge in [0.15, 0.2) is 0 Å². The van der Waals surface area contributed by atoms with Crippen molar-refractivity contribution >= 4 is 12.1 Å². The maximum absolute atomic E-state index is 12.2. The van der Waals surface area contributed by atoms with Gasteiger partial charge in [0.25, 0.3) is 0 Å². The minimum atomic E-state index is -0.706. The van der Waals surface area contributed by atoms with Crippen LogP contribution in [0.2, 0.25) is 0 Å². The fourth-order valence-corrected chi connectivity index (χ4v) is 2.07. The molecule has 7 heteroatoms. The van der Waals surface area contributed by atoms with Crippen LogP contribution in [0.25, 0.3) is 4.85 Å². The quantitative estimate of drug-likeness (QED) is 0.446. The highest BCUT2D eigenvalue weighted by Gasteiger charge is 2.42. The molecular weight excluding hydrogens is 276 g/mol. The average Bonchev–Trinajstić information content (AvgIpc) is 2.80. The normalized spacial score (nSPS) is 21.8. The molecule has 0 aromatic rings. The van der Waals surface area contributed by atoms with Crippen molar-refractivity contribution in [1.29, 1.82) is 0 Å². The lowest BCUT2D eigenvalue weighted by Crippen LogP contribution is -2.44. The van der Waals surface area contributed by atoms with E-state index in [-0.39, 0.29) is 25.8 Å². The van der Waals surface area contributed by atoms with E-state index in [1.807, 2.05) is 0 Å². The highest BCUT2D eigenvalue weighted by molar-refractivity contribution is 5.82. The van der Waals surface area contributed by atoms with Gasteiger partial charge in [-0.15, -0.1) is 0 Å². The first-order valence-corrected chi connectivity index (χ1v) is 6.80. The van der Waals surface area contributed by atoms with Crippen LogP contribution in [0.1, 0.15) is 27.2 Å². The summed E-state index contributed by atoms with van der Waals surface area (Å²) in [6.07, 6.45) is -0.498. The van der Waals surface area contributed by atoms with Crippen LogP contribution in [0.4, 0.5) is 4.79 Å². The molecule has 21 heavy (non-hydrogen) atoms. The molecule has 1 fully saturated rings. The van der Waals surface area contributed by atoms with Gasteiger partial charge in [0, 0.05) is 6.42 Å². The van der Waals surface area contributed by atoms with Crippen LogP contribution in [0.15, 0.2) is 0 Å². The van der Waals surface area contributed by atoms with E-state index in [4.69, 9.17) is 20.8 Å². The van der Waals surface area contributed by atoms with Crippen molar-refractivity contribution in [2.24, 2.45) is 0 Å². The number of carbonyl (C=O) groups is 2. The van der Waals surface area contributed by atoms with Crippen LogP contribution in [0.3, 0.4) is 0 Å². The maximum atomic E-state index is 12.2. The fourth-order valence-electron chi connectivity index (χ4n) is 2.07. The zero-order valence-electron chi connectivity index (χ0n) is 12.9. The van der Waals surface area contributed by atoms with Crippen LogP contribution < -0.4 is 0 Å². The molecular formula is C14H22N2O5. The molecule has 1 heterocycles. The Morgan fingerprint density at radius 1 is 1.38 bits per heavy atom. The van der Waals surface area contributed by atoms with E-state index < -0.39 is 23.7 Å². The van der Waals surface area contributed by atoms with Gasteiger partial charge in [-0.05, 0) is 20.8 Å². The van der Waals surface area contributed by atoms with Gasteiger partial charge in [0.05, 0.1) is 19.8 Å². The van der Waals surface area contributed by atoms with Crippen molar-refractivity contribution in [1.82, 2.24) is 4.90 Å². The molecule has 0 saturated carbocycles. The number of carbonyl (C=O) groups excluding carboxylic acids is 2. The molecule has 1 aliphatic rings. The predicted octanol–water partition coefficient (Wildman–Crippen LogP) is 1.47. The molecule has 1 aliphatic heterocycles. The number of ether oxygens (including phenoxy) is 3. The maximum Gasteiger partial charge on any atom is 0.411 e. The summed E-state index contributed by atoms with van der Waals surface area (Å²) >= 11 is 0. The first-order valence-electron chi connectivity index (χ1n) is 6.80. The molecule has 0 N–H and O–H groups in total. The summed E-state index contributed by atoms with van der Waals surface area (Å²) in [5.41, 5.74) is -0.638. The molecule has 0 bridgehead atoms. The minimum Gasteiger partial charge on any atom is -0.467 e. The Labute approximate surface area is 125 Å². The zero-order chi connectivity index (χ0) is 16.0. The predicted molar refractivity (Wildman–Crippen MR) is 74.6 cm³/mol. The van der Waals surface area contributed by atoms with E-state index in [2.05, 4.69) is 4.85 Å². The van der Waals surface area contributed by atoms with Crippen molar-refractivity contribution in [2.45, 2.75) is 44.9 Å². The Morgan fingerprint density at radius 2 is 2.05 bits per heavy atom. The summed E-state index contributed by atoms with van der Waals surface area (Å²) < 4.78 is 15.5. The lowest BCUT2D eigenvalue weighted by molar-refractivity contribution is -0.145. The number of hydrogen-bond donors (Lipinski definition) is 0. The molecule has 7 nitrogen and oxygen atoms in total. The van der Waals surface area contributed by atoms with Gasteiger partial charge in [-0.2, -0.15) is 0 Å². The number of rotatable bonds is 4. The Morgan fingerprint density at radius 3 is 2.57 bits per heavy atom. The van der Waals surface area contributed by atoms with Crippen molar-refractivity contribution in [3.8, 4) is 0 Å². The summed E-state index contributed by atoms with van der Waals surface area (Å²) in [7, 11) is 1.28. The van der Waals surface area contributed by atoms with E-state index in [0.29, 0.717) is 6.42 Å². The van der Waals surface area contributed by atoms with E-state index in [9.17, 15) is 9.59 Å². The van der Waals surface area contributed by atoms with Crippen molar-refractivity contribution in [3.63, 3.8) is 0 Å². The van der Waals surface area contributed by atoms with Crippen LogP contribution >= 0.6 is 0 Å². The molecule has 0 aromatic heterocycles. The van der Waals surface area contributed by atoms with Gasteiger partial charge in [0.2, 0.25) is 6.54 Å². The number of nitrogens with zero attached hydrogens (tertiary/aromatic N) is 2. The van der Waals surface area contributed by atoms with Gasteiger partial charge in [-0.25, -0.2) is 16.2 Å². The monoisotopic (exact) mass is 298 g/mol. The third-order valence-corrected chi connectivity index (χ3v) is 2.92. The summed E-state index contributed by atoms with van der Waals surface area (Å²) in [4.78, 5) is 28.5. The van der Waals surface area contributed by atoms with Crippen molar-refractivity contribution in [2.75, 3.05) is 26.8 Å². The number of amides is 1. The van der Waals surface area contributed by atoms with E-state index in [1.165, 1.54) is 12.0 Å². The molecule has 0 aliphatic carbocycles. The topological polar surface area (TPSA) is 69.4 Å². The molecule has 1 amide bonds. The SMILES string of the molecule is [C-]#[N+]CCO[C@H]1C[C@@H](C(=O)OC)N(C(=O)OC(C)(C)C)C1. The molecule has 1 rings (SSSR count). The largest absolute Gasteiger partial charge is 0.467 e. The molecule has 0 aromatic carbocycles. The number of hydrogen-bond acceptors (Lipinski definition) is 5. The van der Waals surface area contributed by atoms with Crippen LogP contribution in [0, 0.1) is 6.57 Å². The van der Waals surface area contributed by atoms with E-state index >= 15 is 0 Å². The van der Waals surface area contributed by atoms with E-state index in [0.717, 1.165) is 0 Å². The summed E-state index contributed by atoms with van der Waals surface area (Å²) in [6, 6.07) is -0.706. The number of likely N-dealkylation sites (tertiary alicyclic amines) is 1. The van der Waals surface area contributed by atoms with Gasteiger partial charge in [0.1, 0.15) is 18.2 Å². The second-order valence-electron chi connectivity index (χ2n) is 5.78. The minimum absolute atomic E-state index is 0.256. The second kappa shape index (κ2) is 7.27. The van der Waals surface area contributed by atoms with Gasteiger partial charge >= 0.3 is 12.1 Å². The molecule has 118 valence electrons. The Bertz CT molecular complexity index is 424. The number of esters is 1. The smallest absolute Gasteiger partial charge is 0.411 e. The van der Waals surface area contributed by atoms with Gasteiger partial charge < -0.3 is 19.1 Å². The van der Waals surface area contributed by atoms with E-state index in [1.54, 1.807) is 20.8 Å². The molecule has 0 unspecified atom stereocenters. The first kappa shape index (κ1) is 17.2. The summed E-state index contributed by atoms with van der Waals surface area (Å²) in [5.74, 6) is -0.489. The lowest BCUT2D eigenvalue weighted by Gasteiger charge is -2.27. The third kappa shape index (κ3) is 5.23. The Hall–Kier alpha value is -1.81. The van der Waals surface area contributed by atoms with Crippen molar-refractivity contribution < 1.29 is 23.8 Å². The van der Waals surface area contributed by atoms with Crippen LogP contribution in [-0.4, -0.2) is 61.5 Å². The molecule has 0 spiro atoms. The highest BCUT2D eigenvalue weighted by Crippen LogP contribution is 2.24. The second-order valence-corrected chi connectivity index (χ2v) is 5.78. The highest BCUT2D eigenvalue weighted by atomic mass is 16.6. The standard InChI is InChI=1S/C14H22N2O5/c1-14(2,3)21-13(18)16-9-10(20-7-6-15-4)8-11(16)12(17)19-5/h10-11H,6-9H2,1-3,5H3/t10-,11-/m0/s1. The lowest BCUT2D eigenvalue weighted by atomic mass is 10.2. The molecule has 2 atom stereocenters. The zero-order valence-corrected chi connectivity index (χ0v) is 12.9. The van der Waals surface area contributed by atoms with Gasteiger partial charge in [-0.1, -0.05) is 0 Å². The Balaban J connectivity index is 2.71. The molecule has 1 saturated heterocycles. The average molecular weight is 298 g/mol. The van der Waals surface area contributed by atoms with Crippen molar-refractivity contribution in [3.05, 3.63) is 11.4 Å². The van der Waals surface area contributed by atoms with Crippen LogP contribution in [0.5, 0.6) is 0 Å².